The number of amides is 2. The van der Waals surface area contributed by atoms with Crippen LogP contribution >= 0.6 is 0 Å². The highest BCUT2D eigenvalue weighted by atomic mass is 19.2. The number of carbonyl (C=O) groups is 1. The number of nitrogens with one attached hydrogen (secondary N) is 2. The van der Waals surface area contributed by atoms with E-state index in [2.05, 4.69) is 20.5 Å². The maximum atomic E-state index is 14.1. The molecule has 0 unspecified atom stereocenters. The molecule has 2 aromatic heterocycles. The van der Waals surface area contributed by atoms with Crippen LogP contribution in [0.1, 0.15) is 22.7 Å². The first-order valence-electron chi connectivity index (χ1n) is 13.2. The summed E-state index contributed by atoms with van der Waals surface area (Å²) in [6.07, 6.45) is 1.77. The van der Waals surface area contributed by atoms with Gasteiger partial charge in [-0.1, -0.05) is 24.3 Å². The summed E-state index contributed by atoms with van der Waals surface area (Å²) < 4.78 is 34.7. The van der Waals surface area contributed by atoms with Crippen LogP contribution in [-0.4, -0.2) is 65.1 Å². The molecular weight excluding hydrogens is 514 g/mol. The summed E-state index contributed by atoms with van der Waals surface area (Å²) in [5.41, 5.74) is 4.65. The van der Waals surface area contributed by atoms with Crippen LogP contribution in [0.15, 0.2) is 66.9 Å². The highest BCUT2D eigenvalue weighted by Gasteiger charge is 2.35. The number of aryl methyl sites for hydroxylation is 1. The SMILES string of the molecule is COCCN1C[C@@H](NC(=O)Nc2c(C)c(-c3ccc(C)nc3)nn2-c2ccccc2)[C@H](c2ccc(F)c(F)c2)C1. The summed E-state index contributed by atoms with van der Waals surface area (Å²) in [6.45, 7) is 6.12. The second-order valence-corrected chi connectivity index (χ2v) is 10.00. The molecule has 2 N–H and O–H groups in total. The number of carbonyl (C=O) groups excluding carboxylic acids is 1. The van der Waals surface area contributed by atoms with Crippen molar-refractivity contribution in [2.24, 2.45) is 0 Å². The normalized spacial score (nSPS) is 17.2. The maximum absolute atomic E-state index is 14.1. The molecule has 0 bridgehead atoms. The molecule has 0 aliphatic carbocycles. The Kier molecular flexibility index (Phi) is 8.18. The van der Waals surface area contributed by atoms with E-state index in [1.807, 2.05) is 56.3 Å². The third-order valence-corrected chi connectivity index (χ3v) is 7.24. The fourth-order valence-electron chi connectivity index (χ4n) is 5.11. The molecule has 3 heterocycles. The fourth-order valence-corrected chi connectivity index (χ4v) is 5.11. The number of para-hydroxylation sites is 1. The number of hydrogen-bond acceptors (Lipinski definition) is 5. The van der Waals surface area contributed by atoms with Gasteiger partial charge in [0.05, 0.1) is 24.0 Å². The second-order valence-electron chi connectivity index (χ2n) is 10.00. The molecular formula is C30H32F2N6O2. The van der Waals surface area contributed by atoms with Crippen molar-refractivity contribution in [3.05, 3.63) is 95.3 Å². The number of hydrogen-bond donors (Lipinski definition) is 2. The molecule has 208 valence electrons. The molecule has 0 radical (unpaired) electrons. The van der Waals surface area contributed by atoms with Crippen LogP contribution in [0, 0.1) is 25.5 Å². The van der Waals surface area contributed by atoms with Gasteiger partial charge in [-0.3, -0.25) is 15.2 Å². The van der Waals surface area contributed by atoms with Crippen molar-refractivity contribution >= 4 is 11.8 Å². The molecule has 1 aliphatic rings. The van der Waals surface area contributed by atoms with Crippen molar-refractivity contribution in [3.8, 4) is 16.9 Å². The van der Waals surface area contributed by atoms with Gasteiger partial charge < -0.3 is 10.1 Å². The van der Waals surface area contributed by atoms with E-state index in [0.717, 1.165) is 28.6 Å². The Bertz CT molecular complexity index is 1480. The first kappa shape index (κ1) is 27.4. The smallest absolute Gasteiger partial charge is 0.320 e. The number of pyridine rings is 1. The number of benzene rings is 2. The zero-order chi connectivity index (χ0) is 28.2. The van der Waals surface area contributed by atoms with Crippen LogP contribution in [0.5, 0.6) is 0 Å². The van der Waals surface area contributed by atoms with Gasteiger partial charge in [-0.15, -0.1) is 0 Å². The fraction of sp³-hybridized carbons (Fsp3) is 0.300. The number of aromatic nitrogens is 3. The minimum Gasteiger partial charge on any atom is -0.383 e. The number of halogens is 2. The lowest BCUT2D eigenvalue weighted by molar-refractivity contribution is 0.159. The summed E-state index contributed by atoms with van der Waals surface area (Å²) in [4.78, 5) is 20.0. The van der Waals surface area contributed by atoms with E-state index in [4.69, 9.17) is 9.84 Å². The second kappa shape index (κ2) is 11.9. The van der Waals surface area contributed by atoms with Crippen LogP contribution in [0.3, 0.4) is 0 Å². The lowest BCUT2D eigenvalue weighted by Crippen LogP contribution is -2.42. The number of rotatable bonds is 8. The number of methoxy groups -OCH3 is 1. The third kappa shape index (κ3) is 5.88. The van der Waals surface area contributed by atoms with Crippen LogP contribution in [0.25, 0.3) is 16.9 Å². The monoisotopic (exact) mass is 546 g/mol. The molecule has 1 saturated heterocycles. The Labute approximate surface area is 232 Å². The highest BCUT2D eigenvalue weighted by Crippen LogP contribution is 2.31. The Balaban J connectivity index is 1.42. The molecule has 1 fully saturated rings. The number of ether oxygens (including phenoxy) is 1. The van der Waals surface area contributed by atoms with Crippen LogP contribution in [0.2, 0.25) is 0 Å². The minimum atomic E-state index is -0.906. The number of likely N-dealkylation sites (tertiary alicyclic amines) is 1. The standard InChI is InChI=1S/C30H32F2N6O2/c1-19-9-10-22(16-33-19)28-20(2)29(38(36-28)23-7-5-4-6-8-23)35-30(39)34-27-18-37(13-14-40-3)17-24(27)21-11-12-25(31)26(32)15-21/h4-12,15-16,24,27H,13-14,17-18H2,1-3H3,(H2,34,35,39)/t24-,27+/m0/s1. The van der Waals surface area contributed by atoms with Gasteiger partial charge >= 0.3 is 6.03 Å². The quantitative estimate of drug-likeness (QED) is 0.323. The average molecular weight is 547 g/mol. The summed E-state index contributed by atoms with van der Waals surface area (Å²) in [6, 6.07) is 16.6. The van der Waals surface area contributed by atoms with Gasteiger partial charge in [-0.25, -0.2) is 18.3 Å². The predicted octanol–water partition coefficient (Wildman–Crippen LogP) is 5.07. The molecule has 0 spiro atoms. The van der Waals surface area contributed by atoms with Crippen molar-refractivity contribution in [2.45, 2.75) is 25.8 Å². The number of urea groups is 1. The molecule has 5 rings (SSSR count). The van der Waals surface area contributed by atoms with Crippen molar-refractivity contribution < 1.29 is 18.3 Å². The van der Waals surface area contributed by atoms with Crippen LogP contribution in [0.4, 0.5) is 19.4 Å². The van der Waals surface area contributed by atoms with Crippen molar-refractivity contribution in [2.75, 3.05) is 38.7 Å². The minimum absolute atomic E-state index is 0.230. The molecule has 1 aliphatic heterocycles. The lowest BCUT2D eigenvalue weighted by Gasteiger charge is -2.21. The van der Waals surface area contributed by atoms with Crippen molar-refractivity contribution in [3.63, 3.8) is 0 Å². The van der Waals surface area contributed by atoms with E-state index in [-0.39, 0.29) is 12.0 Å². The number of nitrogens with zero attached hydrogens (tertiary/aromatic N) is 4. The Morgan fingerprint density at radius 3 is 2.55 bits per heavy atom. The van der Waals surface area contributed by atoms with E-state index >= 15 is 0 Å². The van der Waals surface area contributed by atoms with E-state index in [1.54, 1.807) is 24.1 Å². The van der Waals surface area contributed by atoms with Gasteiger partial charge in [0.25, 0.3) is 0 Å². The molecule has 2 amide bonds. The summed E-state index contributed by atoms with van der Waals surface area (Å²) in [5, 5.41) is 10.9. The molecule has 4 aromatic rings. The van der Waals surface area contributed by atoms with E-state index in [1.165, 1.54) is 6.07 Å². The zero-order valence-electron chi connectivity index (χ0n) is 22.7. The molecule has 0 saturated carbocycles. The summed E-state index contributed by atoms with van der Waals surface area (Å²) in [7, 11) is 1.63. The van der Waals surface area contributed by atoms with Gasteiger partial charge in [0.15, 0.2) is 11.6 Å². The largest absolute Gasteiger partial charge is 0.383 e. The van der Waals surface area contributed by atoms with E-state index in [9.17, 15) is 13.6 Å². The molecule has 8 nitrogen and oxygen atoms in total. The Hall–Kier alpha value is -4.15. The zero-order valence-corrected chi connectivity index (χ0v) is 22.7. The molecule has 2 aromatic carbocycles. The van der Waals surface area contributed by atoms with Gasteiger partial charge in [-0.05, 0) is 55.8 Å². The topological polar surface area (TPSA) is 84.3 Å². The van der Waals surface area contributed by atoms with Crippen LogP contribution in [-0.2, 0) is 4.74 Å². The molecule has 2 atom stereocenters. The third-order valence-electron chi connectivity index (χ3n) is 7.24. The maximum Gasteiger partial charge on any atom is 0.320 e. The first-order valence-corrected chi connectivity index (χ1v) is 13.2. The average Bonchev–Trinajstić information content (AvgIpc) is 3.50. The summed E-state index contributed by atoms with van der Waals surface area (Å²) in [5.74, 6) is -1.51. The first-order chi connectivity index (χ1) is 19.3. The van der Waals surface area contributed by atoms with Gasteiger partial charge in [0.2, 0.25) is 0 Å². The van der Waals surface area contributed by atoms with Crippen molar-refractivity contribution in [1.82, 2.24) is 25.0 Å². The predicted molar refractivity (Wildman–Crippen MR) is 150 cm³/mol. The van der Waals surface area contributed by atoms with Crippen molar-refractivity contribution in [1.29, 1.82) is 0 Å². The highest BCUT2D eigenvalue weighted by molar-refractivity contribution is 5.91. The summed E-state index contributed by atoms with van der Waals surface area (Å²) >= 11 is 0. The number of anilines is 1. The Morgan fingerprint density at radius 1 is 1.05 bits per heavy atom. The molecule has 40 heavy (non-hydrogen) atoms. The molecule has 10 heteroatoms. The van der Waals surface area contributed by atoms with Gasteiger partial charge in [0.1, 0.15) is 5.82 Å². The lowest BCUT2D eigenvalue weighted by atomic mass is 9.94. The van der Waals surface area contributed by atoms with E-state index in [0.29, 0.717) is 43.3 Å². The van der Waals surface area contributed by atoms with Gasteiger partial charge in [0, 0.05) is 55.7 Å². The van der Waals surface area contributed by atoms with Crippen LogP contribution < -0.4 is 10.6 Å². The van der Waals surface area contributed by atoms with E-state index < -0.39 is 17.7 Å². The van der Waals surface area contributed by atoms with Gasteiger partial charge in [-0.2, -0.15) is 5.10 Å². The Morgan fingerprint density at radius 2 is 1.85 bits per heavy atom.